The molecule has 1 N–H and O–H groups in total. The predicted molar refractivity (Wildman–Crippen MR) is 131 cm³/mol. The minimum Gasteiger partial charge on any atom is -0.311 e. The van der Waals surface area contributed by atoms with E-state index in [1.54, 1.807) is 24.5 Å². The number of nitrogens with zero attached hydrogens (tertiary/aromatic N) is 3. The molecule has 5 rings (SSSR count). The Kier molecular flexibility index (Phi) is 6.01. The highest BCUT2D eigenvalue weighted by molar-refractivity contribution is 7.90. The first-order chi connectivity index (χ1) is 16.0. The van der Waals surface area contributed by atoms with Crippen molar-refractivity contribution in [2.45, 2.75) is 30.8 Å². The molecule has 1 aliphatic heterocycles. The average molecular weight is 461 g/mol. The first kappa shape index (κ1) is 21.8. The SMILES string of the molecule is Cc1ccc(S(=O)(=O)n2cc(CC3CN(Cc4ccccc4)CCN3)c3cccnc32)cc1. The lowest BCUT2D eigenvalue weighted by Crippen LogP contribution is -2.51. The van der Waals surface area contributed by atoms with E-state index in [9.17, 15) is 8.42 Å². The predicted octanol–water partition coefficient (Wildman–Crippen LogP) is 3.60. The average Bonchev–Trinajstić information content (AvgIpc) is 3.20. The number of hydrogen-bond acceptors (Lipinski definition) is 5. The van der Waals surface area contributed by atoms with Crippen molar-refractivity contribution in [2.75, 3.05) is 19.6 Å². The van der Waals surface area contributed by atoms with Crippen molar-refractivity contribution in [2.24, 2.45) is 0 Å². The molecule has 0 aliphatic carbocycles. The lowest BCUT2D eigenvalue weighted by Gasteiger charge is -2.33. The molecule has 7 heteroatoms. The van der Waals surface area contributed by atoms with Crippen molar-refractivity contribution in [1.82, 2.24) is 19.2 Å². The normalized spacial score (nSPS) is 17.4. The van der Waals surface area contributed by atoms with E-state index in [1.807, 2.05) is 37.3 Å². The Balaban J connectivity index is 1.42. The van der Waals surface area contributed by atoms with Gasteiger partial charge in [-0.2, -0.15) is 0 Å². The second-order valence-corrected chi connectivity index (χ2v) is 10.5. The monoisotopic (exact) mass is 460 g/mol. The minimum absolute atomic E-state index is 0.240. The first-order valence-corrected chi connectivity index (χ1v) is 12.7. The summed E-state index contributed by atoms with van der Waals surface area (Å²) in [5, 5.41) is 4.50. The zero-order valence-electron chi connectivity index (χ0n) is 18.7. The van der Waals surface area contributed by atoms with Crippen LogP contribution in [0.5, 0.6) is 0 Å². The van der Waals surface area contributed by atoms with Gasteiger partial charge in [-0.3, -0.25) is 4.90 Å². The summed E-state index contributed by atoms with van der Waals surface area (Å²) in [6.45, 7) is 5.68. The number of hydrogen-bond donors (Lipinski definition) is 1. The van der Waals surface area contributed by atoms with E-state index in [0.717, 1.165) is 49.1 Å². The summed E-state index contributed by atoms with van der Waals surface area (Å²) in [4.78, 5) is 7.15. The molecule has 170 valence electrons. The maximum Gasteiger partial charge on any atom is 0.269 e. The van der Waals surface area contributed by atoms with Crippen molar-refractivity contribution < 1.29 is 8.42 Å². The molecule has 4 aromatic rings. The van der Waals surface area contributed by atoms with Gasteiger partial charge in [0.1, 0.15) is 0 Å². The molecule has 2 aromatic heterocycles. The van der Waals surface area contributed by atoms with Gasteiger partial charge < -0.3 is 5.32 Å². The Morgan fingerprint density at radius 2 is 1.82 bits per heavy atom. The third-order valence-electron chi connectivity index (χ3n) is 6.25. The van der Waals surface area contributed by atoms with Crippen molar-refractivity contribution in [3.8, 4) is 0 Å². The Morgan fingerprint density at radius 1 is 1.03 bits per heavy atom. The maximum atomic E-state index is 13.4. The topological polar surface area (TPSA) is 67.2 Å². The fraction of sp³-hybridized carbons (Fsp3) is 0.269. The fourth-order valence-corrected chi connectivity index (χ4v) is 5.89. The zero-order valence-corrected chi connectivity index (χ0v) is 19.5. The molecule has 3 heterocycles. The van der Waals surface area contributed by atoms with Crippen LogP contribution in [0.15, 0.2) is 84.0 Å². The van der Waals surface area contributed by atoms with Crippen LogP contribution in [-0.2, 0) is 23.0 Å². The van der Waals surface area contributed by atoms with E-state index in [2.05, 4.69) is 39.5 Å². The first-order valence-electron chi connectivity index (χ1n) is 11.3. The van der Waals surface area contributed by atoms with Crippen LogP contribution in [-0.4, -0.2) is 48.0 Å². The number of pyridine rings is 1. The van der Waals surface area contributed by atoms with Crippen LogP contribution in [0, 0.1) is 6.92 Å². The fourth-order valence-electron chi connectivity index (χ4n) is 4.55. The number of aryl methyl sites for hydroxylation is 1. The van der Waals surface area contributed by atoms with Gasteiger partial charge in [-0.25, -0.2) is 17.4 Å². The smallest absolute Gasteiger partial charge is 0.269 e. The van der Waals surface area contributed by atoms with Crippen LogP contribution in [0.1, 0.15) is 16.7 Å². The van der Waals surface area contributed by atoms with Gasteiger partial charge in [-0.1, -0.05) is 48.0 Å². The van der Waals surface area contributed by atoms with Gasteiger partial charge >= 0.3 is 0 Å². The van der Waals surface area contributed by atoms with Crippen LogP contribution in [0.25, 0.3) is 11.0 Å². The van der Waals surface area contributed by atoms with E-state index in [-0.39, 0.29) is 10.9 Å². The van der Waals surface area contributed by atoms with Crippen LogP contribution in [0.2, 0.25) is 0 Å². The molecule has 1 unspecified atom stereocenters. The van der Waals surface area contributed by atoms with Crippen LogP contribution >= 0.6 is 0 Å². The van der Waals surface area contributed by atoms with Crippen LogP contribution in [0.4, 0.5) is 0 Å². The van der Waals surface area contributed by atoms with Gasteiger partial charge in [-0.05, 0) is 48.7 Å². The molecule has 0 radical (unpaired) electrons. The maximum absolute atomic E-state index is 13.4. The number of rotatable bonds is 6. The standard InChI is InChI=1S/C26H28N4O2S/c1-20-9-11-24(12-10-20)33(31,32)30-18-22(25-8-5-13-28-26(25)30)16-23-19-29(15-14-27-23)17-21-6-3-2-4-7-21/h2-13,18,23,27H,14-17,19H2,1H3. The van der Waals surface area contributed by atoms with Crippen molar-refractivity contribution in [1.29, 1.82) is 0 Å². The molecule has 1 fully saturated rings. The summed E-state index contributed by atoms with van der Waals surface area (Å²) in [6.07, 6.45) is 4.14. The van der Waals surface area contributed by atoms with Crippen molar-refractivity contribution >= 4 is 21.1 Å². The number of piperazine rings is 1. The third-order valence-corrected chi connectivity index (χ3v) is 7.91. The number of aromatic nitrogens is 2. The molecule has 2 aromatic carbocycles. The second kappa shape index (κ2) is 9.09. The molecule has 1 saturated heterocycles. The van der Waals surface area contributed by atoms with Gasteiger partial charge in [-0.15, -0.1) is 0 Å². The van der Waals surface area contributed by atoms with Crippen molar-refractivity contribution in [3.05, 3.63) is 95.8 Å². The summed E-state index contributed by atoms with van der Waals surface area (Å²) in [5.74, 6) is 0. The zero-order chi connectivity index (χ0) is 22.8. The van der Waals surface area contributed by atoms with Gasteiger partial charge in [0.25, 0.3) is 10.0 Å². The molecule has 1 atom stereocenters. The summed E-state index contributed by atoms with van der Waals surface area (Å²) in [5.41, 5.74) is 3.80. The second-order valence-electron chi connectivity index (χ2n) is 8.72. The van der Waals surface area contributed by atoms with E-state index < -0.39 is 10.0 Å². The molecule has 6 nitrogen and oxygen atoms in total. The minimum atomic E-state index is -3.73. The molecule has 0 saturated carbocycles. The molecular weight excluding hydrogens is 432 g/mol. The molecule has 0 spiro atoms. The summed E-state index contributed by atoms with van der Waals surface area (Å²) in [6, 6.07) is 21.5. The van der Waals surface area contributed by atoms with Gasteiger partial charge in [0, 0.05) is 50.0 Å². The highest BCUT2D eigenvalue weighted by Crippen LogP contribution is 2.26. The lowest BCUT2D eigenvalue weighted by atomic mass is 10.0. The number of fused-ring (bicyclic) bond motifs is 1. The Morgan fingerprint density at radius 3 is 2.61 bits per heavy atom. The number of benzene rings is 2. The summed E-state index contributed by atoms with van der Waals surface area (Å²) < 4.78 is 28.2. The third kappa shape index (κ3) is 4.57. The van der Waals surface area contributed by atoms with Crippen molar-refractivity contribution in [3.63, 3.8) is 0 Å². The van der Waals surface area contributed by atoms with Crippen LogP contribution in [0.3, 0.4) is 0 Å². The Bertz CT molecular complexity index is 1350. The molecule has 33 heavy (non-hydrogen) atoms. The quantitative estimate of drug-likeness (QED) is 0.476. The highest BCUT2D eigenvalue weighted by atomic mass is 32.2. The molecule has 0 bridgehead atoms. The van der Waals surface area contributed by atoms with E-state index >= 15 is 0 Å². The van der Waals surface area contributed by atoms with E-state index in [1.165, 1.54) is 9.54 Å². The lowest BCUT2D eigenvalue weighted by molar-refractivity contribution is 0.192. The van der Waals surface area contributed by atoms with E-state index in [0.29, 0.717) is 5.65 Å². The highest BCUT2D eigenvalue weighted by Gasteiger charge is 2.25. The van der Waals surface area contributed by atoms with Crippen LogP contribution < -0.4 is 5.32 Å². The summed E-state index contributed by atoms with van der Waals surface area (Å²) in [7, 11) is -3.73. The van der Waals surface area contributed by atoms with Gasteiger partial charge in [0.15, 0.2) is 5.65 Å². The number of nitrogens with one attached hydrogen (secondary N) is 1. The Hall–Kier alpha value is -3.00. The molecule has 1 aliphatic rings. The summed E-state index contributed by atoms with van der Waals surface area (Å²) >= 11 is 0. The molecule has 0 amide bonds. The van der Waals surface area contributed by atoms with E-state index in [4.69, 9.17) is 0 Å². The Labute approximate surface area is 194 Å². The molecular formula is C26H28N4O2S. The van der Waals surface area contributed by atoms with Gasteiger partial charge in [0.2, 0.25) is 0 Å². The largest absolute Gasteiger partial charge is 0.311 e. The van der Waals surface area contributed by atoms with Gasteiger partial charge in [0.05, 0.1) is 4.90 Å².